The summed E-state index contributed by atoms with van der Waals surface area (Å²) in [6, 6.07) is 14.2. The number of benzene rings is 2. The van der Waals surface area contributed by atoms with Gasteiger partial charge in [-0.25, -0.2) is 4.79 Å². The van der Waals surface area contributed by atoms with Crippen LogP contribution in [0.15, 0.2) is 48.5 Å². The number of urea groups is 1. The molecule has 7 nitrogen and oxygen atoms in total. The summed E-state index contributed by atoms with van der Waals surface area (Å²) in [5.74, 6) is 0.756. The van der Waals surface area contributed by atoms with E-state index in [1.165, 1.54) is 14.2 Å². The maximum atomic E-state index is 12.9. The molecule has 1 saturated heterocycles. The molecule has 0 bridgehead atoms. The Morgan fingerprint density at radius 1 is 1.04 bits per heavy atom. The maximum Gasteiger partial charge on any atom is 0.318 e. The van der Waals surface area contributed by atoms with E-state index >= 15 is 0 Å². The molecule has 3 amide bonds. The lowest BCUT2D eigenvalue weighted by molar-refractivity contribution is -0.119. The summed E-state index contributed by atoms with van der Waals surface area (Å²) < 4.78 is 10.7. The van der Waals surface area contributed by atoms with Crippen LogP contribution in [0, 0.1) is 0 Å². The molecule has 0 spiro atoms. The SMILES string of the molecule is COc1cccc(OC)c1NC(=O)[C@H]1CCCN1C(=O)NCc1ccccc1. The van der Waals surface area contributed by atoms with Crippen molar-refractivity contribution < 1.29 is 19.1 Å². The molecule has 0 radical (unpaired) electrons. The van der Waals surface area contributed by atoms with Gasteiger partial charge in [-0.2, -0.15) is 0 Å². The fraction of sp³-hybridized carbons (Fsp3) is 0.333. The first kappa shape index (κ1) is 19.5. The van der Waals surface area contributed by atoms with Crippen molar-refractivity contribution >= 4 is 17.6 Å². The van der Waals surface area contributed by atoms with E-state index in [9.17, 15) is 9.59 Å². The van der Waals surface area contributed by atoms with E-state index < -0.39 is 6.04 Å². The molecule has 148 valence electrons. The Labute approximate surface area is 164 Å². The molecule has 0 aromatic heterocycles. The number of likely N-dealkylation sites (tertiary alicyclic amines) is 1. The van der Waals surface area contributed by atoms with Crippen LogP contribution in [0.3, 0.4) is 0 Å². The van der Waals surface area contributed by atoms with Crippen LogP contribution < -0.4 is 20.1 Å². The van der Waals surface area contributed by atoms with Gasteiger partial charge in [0.2, 0.25) is 5.91 Å². The van der Waals surface area contributed by atoms with Gasteiger partial charge in [-0.3, -0.25) is 4.79 Å². The van der Waals surface area contributed by atoms with E-state index in [0.717, 1.165) is 12.0 Å². The summed E-state index contributed by atoms with van der Waals surface area (Å²) in [5, 5.41) is 5.76. The number of methoxy groups -OCH3 is 2. The number of carbonyl (C=O) groups excluding carboxylic acids is 2. The molecule has 1 fully saturated rings. The van der Waals surface area contributed by atoms with Crippen molar-refractivity contribution in [2.75, 3.05) is 26.1 Å². The lowest BCUT2D eigenvalue weighted by Crippen LogP contribution is -2.47. The van der Waals surface area contributed by atoms with Gasteiger partial charge in [0.25, 0.3) is 0 Å². The van der Waals surface area contributed by atoms with Crippen molar-refractivity contribution in [3.05, 3.63) is 54.1 Å². The van der Waals surface area contributed by atoms with Crippen LogP contribution in [-0.2, 0) is 11.3 Å². The smallest absolute Gasteiger partial charge is 0.318 e. The monoisotopic (exact) mass is 383 g/mol. The van der Waals surface area contributed by atoms with Crippen LogP contribution in [0.25, 0.3) is 0 Å². The number of anilines is 1. The van der Waals surface area contributed by atoms with Gasteiger partial charge in [0.1, 0.15) is 23.2 Å². The topological polar surface area (TPSA) is 79.9 Å². The van der Waals surface area contributed by atoms with E-state index in [4.69, 9.17) is 9.47 Å². The highest BCUT2D eigenvalue weighted by atomic mass is 16.5. The number of carbonyl (C=O) groups is 2. The number of rotatable bonds is 6. The standard InChI is InChI=1S/C21H25N3O4/c1-27-17-11-6-12-18(28-2)19(17)23-20(25)16-10-7-13-24(16)21(26)22-14-15-8-4-3-5-9-15/h3-6,8-9,11-12,16H,7,10,13-14H2,1-2H3,(H,22,26)(H,23,25)/t16-/m1/s1. The van der Waals surface area contributed by atoms with Crippen LogP contribution in [0.2, 0.25) is 0 Å². The third-order valence-corrected chi connectivity index (χ3v) is 4.78. The van der Waals surface area contributed by atoms with E-state index in [1.54, 1.807) is 23.1 Å². The van der Waals surface area contributed by atoms with Crippen LogP contribution in [0.4, 0.5) is 10.5 Å². The Morgan fingerprint density at radius 2 is 1.71 bits per heavy atom. The Kier molecular flexibility index (Phi) is 6.37. The molecule has 7 heteroatoms. The van der Waals surface area contributed by atoms with Crippen molar-refractivity contribution in [3.63, 3.8) is 0 Å². The fourth-order valence-corrected chi connectivity index (χ4v) is 3.34. The third kappa shape index (κ3) is 4.36. The van der Waals surface area contributed by atoms with Crippen molar-refractivity contribution in [3.8, 4) is 11.5 Å². The Bertz CT molecular complexity index is 803. The summed E-state index contributed by atoms with van der Waals surface area (Å²) in [5.41, 5.74) is 1.48. The lowest BCUT2D eigenvalue weighted by Gasteiger charge is -2.25. The van der Waals surface area contributed by atoms with Gasteiger partial charge in [-0.1, -0.05) is 36.4 Å². The zero-order valence-electron chi connectivity index (χ0n) is 16.1. The second-order valence-electron chi connectivity index (χ2n) is 6.52. The van der Waals surface area contributed by atoms with Crippen molar-refractivity contribution in [2.45, 2.75) is 25.4 Å². The van der Waals surface area contributed by atoms with Crippen molar-refractivity contribution in [1.82, 2.24) is 10.2 Å². The fourth-order valence-electron chi connectivity index (χ4n) is 3.34. The molecular formula is C21H25N3O4. The molecular weight excluding hydrogens is 358 g/mol. The number of ether oxygens (including phenoxy) is 2. The van der Waals surface area contributed by atoms with E-state index in [-0.39, 0.29) is 11.9 Å². The highest BCUT2D eigenvalue weighted by Gasteiger charge is 2.34. The minimum atomic E-state index is -0.537. The van der Waals surface area contributed by atoms with Crippen molar-refractivity contribution in [2.24, 2.45) is 0 Å². The molecule has 2 N–H and O–H groups in total. The third-order valence-electron chi connectivity index (χ3n) is 4.78. The van der Waals surface area contributed by atoms with Gasteiger partial charge in [-0.15, -0.1) is 0 Å². The molecule has 2 aromatic carbocycles. The number of hydrogen-bond acceptors (Lipinski definition) is 4. The van der Waals surface area contributed by atoms with Crippen LogP contribution >= 0.6 is 0 Å². The zero-order valence-corrected chi connectivity index (χ0v) is 16.1. The number of hydrogen-bond donors (Lipinski definition) is 2. The summed E-state index contributed by atoms with van der Waals surface area (Å²) in [6.45, 7) is 0.965. The first-order valence-corrected chi connectivity index (χ1v) is 9.24. The summed E-state index contributed by atoms with van der Waals surface area (Å²) in [7, 11) is 3.06. The maximum absolute atomic E-state index is 12.9. The molecule has 0 saturated carbocycles. The number of nitrogens with one attached hydrogen (secondary N) is 2. The van der Waals surface area contributed by atoms with Gasteiger partial charge >= 0.3 is 6.03 Å². The molecule has 3 rings (SSSR count). The van der Waals surface area contributed by atoms with Crippen LogP contribution in [-0.4, -0.2) is 43.6 Å². The van der Waals surface area contributed by atoms with Gasteiger partial charge in [0.05, 0.1) is 14.2 Å². The minimum Gasteiger partial charge on any atom is -0.494 e. The average molecular weight is 383 g/mol. The quantitative estimate of drug-likeness (QED) is 0.804. The van der Waals surface area contributed by atoms with Crippen molar-refractivity contribution in [1.29, 1.82) is 0 Å². The van der Waals surface area contributed by atoms with E-state index in [2.05, 4.69) is 10.6 Å². The van der Waals surface area contributed by atoms with Crippen LogP contribution in [0.1, 0.15) is 18.4 Å². The second kappa shape index (κ2) is 9.12. The Balaban J connectivity index is 1.67. The molecule has 1 aliphatic rings. The molecule has 0 aliphatic carbocycles. The Hall–Kier alpha value is -3.22. The number of nitrogens with zero attached hydrogens (tertiary/aromatic N) is 1. The predicted octanol–water partition coefficient (Wildman–Crippen LogP) is 3.02. The van der Waals surface area contributed by atoms with E-state index in [0.29, 0.717) is 36.7 Å². The largest absolute Gasteiger partial charge is 0.494 e. The van der Waals surface area contributed by atoms with Gasteiger partial charge < -0.3 is 25.0 Å². The van der Waals surface area contributed by atoms with Gasteiger partial charge in [0, 0.05) is 13.1 Å². The zero-order chi connectivity index (χ0) is 19.9. The highest BCUT2D eigenvalue weighted by molar-refractivity contribution is 5.99. The highest BCUT2D eigenvalue weighted by Crippen LogP contribution is 2.34. The second-order valence-corrected chi connectivity index (χ2v) is 6.52. The van der Waals surface area contributed by atoms with Gasteiger partial charge in [-0.05, 0) is 30.5 Å². The summed E-state index contributed by atoms with van der Waals surface area (Å²) >= 11 is 0. The Morgan fingerprint density at radius 3 is 2.36 bits per heavy atom. The predicted molar refractivity (Wildman–Crippen MR) is 107 cm³/mol. The molecule has 0 unspecified atom stereocenters. The average Bonchev–Trinajstić information content (AvgIpc) is 3.23. The van der Waals surface area contributed by atoms with Crippen LogP contribution in [0.5, 0.6) is 11.5 Å². The summed E-state index contributed by atoms with van der Waals surface area (Å²) in [4.78, 5) is 27.1. The summed E-state index contributed by atoms with van der Waals surface area (Å²) in [6.07, 6.45) is 1.39. The van der Waals surface area contributed by atoms with Gasteiger partial charge in [0.15, 0.2) is 0 Å². The number of para-hydroxylation sites is 1. The molecule has 1 aliphatic heterocycles. The molecule has 28 heavy (non-hydrogen) atoms. The first-order chi connectivity index (χ1) is 13.6. The molecule has 1 heterocycles. The lowest BCUT2D eigenvalue weighted by atomic mass is 10.2. The number of amides is 3. The van der Waals surface area contributed by atoms with E-state index in [1.807, 2.05) is 30.3 Å². The first-order valence-electron chi connectivity index (χ1n) is 9.24. The normalized spacial score (nSPS) is 15.8. The molecule has 1 atom stereocenters. The minimum absolute atomic E-state index is 0.242. The molecule has 2 aromatic rings.